The molecule has 1 aliphatic heterocycles. The van der Waals surface area contributed by atoms with Crippen molar-refractivity contribution in [2.45, 2.75) is 44.9 Å². The number of hydrogen-bond donors (Lipinski definition) is 1. The molecule has 1 N–H and O–H groups in total. The van der Waals surface area contributed by atoms with Gasteiger partial charge in [-0.1, -0.05) is 50.0 Å². The van der Waals surface area contributed by atoms with Gasteiger partial charge in [0.25, 0.3) is 0 Å². The Balaban J connectivity index is 1.79. The first-order chi connectivity index (χ1) is 11.7. The van der Waals surface area contributed by atoms with Crippen LogP contribution >= 0.6 is 35.0 Å². The summed E-state index contributed by atoms with van der Waals surface area (Å²) in [5.41, 5.74) is 1.14. The third-order valence-electron chi connectivity index (χ3n) is 4.20. The number of rotatable bonds is 6. The highest BCUT2D eigenvalue weighted by Gasteiger charge is 2.25. The molecule has 0 aromatic heterocycles. The Morgan fingerprint density at radius 1 is 1.32 bits per heavy atom. The minimum Gasteiger partial charge on any atom is -0.355 e. The van der Waals surface area contributed by atoms with Crippen LogP contribution in [0.3, 0.4) is 0 Å². The molecule has 25 heavy (non-hydrogen) atoms. The molecule has 1 atom stereocenters. The predicted octanol–water partition coefficient (Wildman–Crippen LogP) is 4.85. The number of benzene rings is 1. The van der Waals surface area contributed by atoms with Crippen LogP contribution in [0.1, 0.15) is 39.2 Å². The molecular formula is C19H28Cl2N2OS. The molecule has 1 saturated heterocycles. The third kappa shape index (κ3) is 7.38. The standard InChI is InChI=1S/C19H28Cl2N2OS/c1-19(2,3)25-10-8-22-18(24)15-5-4-9-23(13-15)12-14-6-7-16(20)17(21)11-14/h6-7,11,15H,4-5,8-10,12-13H2,1-3H3,(H,22,24). The van der Waals surface area contributed by atoms with Crippen molar-refractivity contribution in [2.24, 2.45) is 5.92 Å². The van der Waals surface area contributed by atoms with E-state index in [9.17, 15) is 4.79 Å². The van der Waals surface area contributed by atoms with Crippen molar-refractivity contribution in [2.75, 3.05) is 25.4 Å². The van der Waals surface area contributed by atoms with E-state index in [1.165, 1.54) is 0 Å². The highest BCUT2D eigenvalue weighted by molar-refractivity contribution is 8.00. The zero-order chi connectivity index (χ0) is 18.4. The molecule has 1 aliphatic rings. The average molecular weight is 403 g/mol. The van der Waals surface area contributed by atoms with Crippen LogP contribution in [0.2, 0.25) is 10.0 Å². The zero-order valence-corrected chi connectivity index (χ0v) is 17.6. The first-order valence-corrected chi connectivity index (χ1v) is 10.6. The van der Waals surface area contributed by atoms with Gasteiger partial charge in [-0.2, -0.15) is 11.8 Å². The fourth-order valence-electron chi connectivity index (χ4n) is 2.99. The van der Waals surface area contributed by atoms with Gasteiger partial charge in [0.1, 0.15) is 0 Å². The summed E-state index contributed by atoms with van der Waals surface area (Å²) in [7, 11) is 0. The summed E-state index contributed by atoms with van der Waals surface area (Å²) in [5, 5.41) is 4.26. The maximum Gasteiger partial charge on any atom is 0.224 e. The molecule has 0 spiro atoms. The summed E-state index contributed by atoms with van der Waals surface area (Å²) in [6.07, 6.45) is 2.02. The van der Waals surface area contributed by atoms with E-state index in [1.54, 1.807) is 0 Å². The first-order valence-electron chi connectivity index (χ1n) is 8.82. The molecular weight excluding hydrogens is 375 g/mol. The van der Waals surface area contributed by atoms with Gasteiger partial charge in [-0.15, -0.1) is 0 Å². The molecule has 1 aromatic rings. The molecule has 0 aliphatic carbocycles. The van der Waals surface area contributed by atoms with Crippen molar-refractivity contribution in [1.29, 1.82) is 0 Å². The van der Waals surface area contributed by atoms with Gasteiger partial charge in [0.2, 0.25) is 5.91 Å². The molecule has 140 valence electrons. The summed E-state index contributed by atoms with van der Waals surface area (Å²) in [6, 6.07) is 5.75. The largest absolute Gasteiger partial charge is 0.355 e. The third-order valence-corrected chi connectivity index (χ3v) is 6.22. The molecule has 0 radical (unpaired) electrons. The Morgan fingerprint density at radius 2 is 2.08 bits per heavy atom. The van der Waals surface area contributed by atoms with Crippen molar-refractivity contribution in [3.8, 4) is 0 Å². The van der Waals surface area contributed by atoms with Gasteiger partial charge in [0.15, 0.2) is 0 Å². The normalized spacial score (nSPS) is 19.0. The lowest BCUT2D eigenvalue weighted by Gasteiger charge is -2.32. The number of piperidine rings is 1. The quantitative estimate of drug-likeness (QED) is 0.689. The zero-order valence-electron chi connectivity index (χ0n) is 15.3. The minimum atomic E-state index is 0.0798. The lowest BCUT2D eigenvalue weighted by atomic mass is 9.96. The van der Waals surface area contributed by atoms with E-state index >= 15 is 0 Å². The number of hydrogen-bond acceptors (Lipinski definition) is 3. The Kier molecular flexibility index (Phi) is 7.93. The molecule has 2 rings (SSSR count). The summed E-state index contributed by atoms with van der Waals surface area (Å²) in [4.78, 5) is 14.8. The average Bonchev–Trinajstić information content (AvgIpc) is 2.54. The Morgan fingerprint density at radius 3 is 2.76 bits per heavy atom. The lowest BCUT2D eigenvalue weighted by molar-refractivity contribution is -0.126. The Labute approximate surface area is 165 Å². The molecule has 1 fully saturated rings. The van der Waals surface area contributed by atoms with E-state index in [-0.39, 0.29) is 16.6 Å². The van der Waals surface area contributed by atoms with E-state index < -0.39 is 0 Å². The molecule has 0 saturated carbocycles. The summed E-state index contributed by atoms with van der Waals surface area (Å²) in [6.45, 7) is 9.96. The fourth-order valence-corrected chi connectivity index (χ4v) is 4.12. The maximum absolute atomic E-state index is 12.4. The van der Waals surface area contributed by atoms with Crippen molar-refractivity contribution >= 4 is 40.9 Å². The fraction of sp³-hybridized carbons (Fsp3) is 0.632. The SMILES string of the molecule is CC(C)(C)SCCNC(=O)C1CCCN(Cc2ccc(Cl)c(Cl)c2)C1. The van der Waals surface area contributed by atoms with Gasteiger partial charge in [-0.05, 0) is 37.1 Å². The number of nitrogens with zero attached hydrogens (tertiary/aromatic N) is 1. The van der Waals surface area contributed by atoms with Gasteiger partial charge in [-0.25, -0.2) is 0 Å². The number of amides is 1. The van der Waals surface area contributed by atoms with E-state index in [4.69, 9.17) is 23.2 Å². The smallest absolute Gasteiger partial charge is 0.224 e. The van der Waals surface area contributed by atoms with E-state index in [2.05, 4.69) is 31.0 Å². The number of nitrogens with one attached hydrogen (secondary N) is 1. The van der Waals surface area contributed by atoms with Crippen LogP contribution < -0.4 is 5.32 Å². The highest BCUT2D eigenvalue weighted by atomic mass is 35.5. The number of carbonyl (C=O) groups is 1. The summed E-state index contributed by atoms with van der Waals surface area (Å²) < 4.78 is 0.242. The van der Waals surface area contributed by atoms with Gasteiger partial charge < -0.3 is 5.32 Å². The lowest BCUT2D eigenvalue weighted by Crippen LogP contribution is -2.43. The molecule has 0 bridgehead atoms. The van der Waals surface area contributed by atoms with Crippen LogP contribution in [-0.2, 0) is 11.3 Å². The van der Waals surface area contributed by atoms with Crippen molar-refractivity contribution in [1.82, 2.24) is 10.2 Å². The Hall–Kier alpha value is -0.420. The van der Waals surface area contributed by atoms with Gasteiger partial charge >= 0.3 is 0 Å². The molecule has 1 aromatic carbocycles. The second-order valence-electron chi connectivity index (χ2n) is 7.57. The Bertz CT molecular complexity index is 589. The van der Waals surface area contributed by atoms with Crippen LogP contribution in [-0.4, -0.2) is 40.9 Å². The van der Waals surface area contributed by atoms with E-state index in [1.807, 2.05) is 30.0 Å². The molecule has 1 amide bonds. The predicted molar refractivity (Wildman–Crippen MR) is 110 cm³/mol. The number of likely N-dealkylation sites (tertiary alicyclic amines) is 1. The number of halogens is 2. The number of thioether (sulfide) groups is 1. The molecule has 6 heteroatoms. The maximum atomic E-state index is 12.4. The minimum absolute atomic E-state index is 0.0798. The summed E-state index contributed by atoms with van der Waals surface area (Å²) >= 11 is 14.0. The van der Waals surface area contributed by atoms with Crippen LogP contribution in [0.4, 0.5) is 0 Å². The van der Waals surface area contributed by atoms with Gasteiger partial charge in [0.05, 0.1) is 16.0 Å². The monoisotopic (exact) mass is 402 g/mol. The van der Waals surface area contributed by atoms with Crippen LogP contribution in [0.5, 0.6) is 0 Å². The van der Waals surface area contributed by atoms with Crippen LogP contribution in [0.25, 0.3) is 0 Å². The van der Waals surface area contributed by atoms with Gasteiger partial charge in [0, 0.05) is 30.1 Å². The van der Waals surface area contributed by atoms with Crippen molar-refractivity contribution in [3.63, 3.8) is 0 Å². The van der Waals surface area contributed by atoms with Crippen LogP contribution in [0.15, 0.2) is 18.2 Å². The van der Waals surface area contributed by atoms with Crippen LogP contribution in [0, 0.1) is 5.92 Å². The van der Waals surface area contributed by atoms with Crippen molar-refractivity contribution in [3.05, 3.63) is 33.8 Å². The van der Waals surface area contributed by atoms with E-state index in [0.717, 1.165) is 50.3 Å². The van der Waals surface area contributed by atoms with Crippen molar-refractivity contribution < 1.29 is 4.79 Å². The summed E-state index contributed by atoms with van der Waals surface area (Å²) in [5.74, 6) is 1.22. The second-order valence-corrected chi connectivity index (χ2v) is 10.3. The topological polar surface area (TPSA) is 32.3 Å². The highest BCUT2D eigenvalue weighted by Crippen LogP contribution is 2.25. The first kappa shape index (κ1) is 20.9. The second kappa shape index (κ2) is 9.50. The molecule has 1 unspecified atom stereocenters. The molecule has 1 heterocycles. The van der Waals surface area contributed by atoms with E-state index in [0.29, 0.717) is 10.0 Å². The molecule has 3 nitrogen and oxygen atoms in total. The number of carbonyl (C=O) groups excluding carboxylic acids is 1. The van der Waals surface area contributed by atoms with Gasteiger partial charge in [-0.3, -0.25) is 9.69 Å².